The second-order valence-corrected chi connectivity index (χ2v) is 5.20. The lowest BCUT2D eigenvalue weighted by Crippen LogP contribution is -2.17. The Labute approximate surface area is 140 Å². The van der Waals surface area contributed by atoms with Crippen LogP contribution in [-0.4, -0.2) is 16.1 Å². The van der Waals surface area contributed by atoms with Crippen molar-refractivity contribution in [1.29, 1.82) is 0 Å². The summed E-state index contributed by atoms with van der Waals surface area (Å²) in [5.74, 6) is 0.369. The fraction of sp³-hybridized carbons (Fsp3) is 0.105. The van der Waals surface area contributed by atoms with Crippen LogP contribution in [-0.2, 0) is 4.74 Å². The molecule has 0 bridgehead atoms. The topological polar surface area (TPSA) is 64.1 Å². The highest BCUT2D eigenvalue weighted by molar-refractivity contribution is 5.88. The minimum atomic E-state index is -0.566. The molecule has 0 aliphatic rings. The number of ether oxygens (including phenoxy) is 1. The van der Waals surface area contributed by atoms with E-state index in [1.165, 1.54) is 6.20 Å². The fourth-order valence-electron chi connectivity index (χ4n) is 2.32. The summed E-state index contributed by atoms with van der Waals surface area (Å²) in [4.78, 5) is 20.7. The first-order valence-corrected chi connectivity index (χ1v) is 7.63. The van der Waals surface area contributed by atoms with Crippen LogP contribution in [0.2, 0.25) is 0 Å². The second-order valence-electron chi connectivity index (χ2n) is 5.20. The second kappa shape index (κ2) is 7.37. The van der Waals surface area contributed by atoms with Crippen molar-refractivity contribution in [1.82, 2.24) is 9.97 Å². The van der Waals surface area contributed by atoms with Gasteiger partial charge in [0.05, 0.1) is 0 Å². The molecule has 1 unspecified atom stereocenters. The standard InChI is InChI=1S/C19H17N3O2/c1-14(15-8-4-2-5-9-15)24-19(23)22-18-17(20-12-13-21-18)16-10-6-3-7-11-16/h2-14H,1H3,(H,21,22,23). The summed E-state index contributed by atoms with van der Waals surface area (Å²) in [6, 6.07) is 19.1. The third kappa shape index (κ3) is 3.76. The Balaban J connectivity index is 1.74. The third-order valence-electron chi connectivity index (χ3n) is 3.52. The Hall–Kier alpha value is -3.21. The van der Waals surface area contributed by atoms with Crippen LogP contribution in [0, 0.1) is 0 Å². The number of carbonyl (C=O) groups excluding carboxylic acids is 1. The Morgan fingerprint density at radius 3 is 2.29 bits per heavy atom. The van der Waals surface area contributed by atoms with Crippen molar-refractivity contribution >= 4 is 11.9 Å². The molecule has 0 saturated carbocycles. The summed E-state index contributed by atoms with van der Waals surface area (Å²) in [6.07, 6.45) is 2.20. The van der Waals surface area contributed by atoms with Crippen molar-refractivity contribution in [3.05, 3.63) is 78.6 Å². The van der Waals surface area contributed by atoms with Crippen molar-refractivity contribution in [2.45, 2.75) is 13.0 Å². The molecule has 1 atom stereocenters. The van der Waals surface area contributed by atoms with Crippen LogP contribution in [0.1, 0.15) is 18.6 Å². The summed E-state index contributed by atoms with van der Waals surface area (Å²) in [6.45, 7) is 1.82. The van der Waals surface area contributed by atoms with Crippen LogP contribution in [0.5, 0.6) is 0 Å². The molecule has 3 rings (SSSR count). The zero-order chi connectivity index (χ0) is 16.8. The zero-order valence-electron chi connectivity index (χ0n) is 13.2. The van der Waals surface area contributed by atoms with E-state index in [1.54, 1.807) is 6.20 Å². The van der Waals surface area contributed by atoms with Crippen molar-refractivity contribution < 1.29 is 9.53 Å². The van der Waals surface area contributed by atoms with Gasteiger partial charge in [-0.15, -0.1) is 0 Å². The monoisotopic (exact) mass is 319 g/mol. The van der Waals surface area contributed by atoms with E-state index in [4.69, 9.17) is 4.74 Å². The Bertz CT molecular complexity index is 807. The number of anilines is 1. The molecule has 1 heterocycles. The molecule has 2 aromatic carbocycles. The molecule has 0 aliphatic carbocycles. The number of carbonyl (C=O) groups is 1. The summed E-state index contributed by atoms with van der Waals surface area (Å²) in [5.41, 5.74) is 2.40. The van der Waals surface area contributed by atoms with Crippen molar-refractivity contribution in [2.24, 2.45) is 0 Å². The van der Waals surface area contributed by atoms with Gasteiger partial charge in [0.25, 0.3) is 0 Å². The van der Waals surface area contributed by atoms with E-state index in [0.717, 1.165) is 11.1 Å². The molecule has 5 heteroatoms. The van der Waals surface area contributed by atoms with E-state index in [2.05, 4.69) is 15.3 Å². The van der Waals surface area contributed by atoms with Gasteiger partial charge < -0.3 is 4.74 Å². The molecule has 3 aromatic rings. The normalized spacial score (nSPS) is 11.5. The molecule has 24 heavy (non-hydrogen) atoms. The first-order chi connectivity index (χ1) is 11.7. The lowest BCUT2D eigenvalue weighted by Gasteiger charge is -2.15. The molecular weight excluding hydrogens is 302 g/mol. The quantitative estimate of drug-likeness (QED) is 0.771. The minimum Gasteiger partial charge on any atom is -0.441 e. The molecule has 1 amide bonds. The predicted octanol–water partition coefficient (Wildman–Crippen LogP) is 4.45. The van der Waals surface area contributed by atoms with Crippen LogP contribution in [0.3, 0.4) is 0 Å². The summed E-state index contributed by atoms with van der Waals surface area (Å²) in [5, 5.41) is 2.67. The minimum absolute atomic E-state index is 0.358. The van der Waals surface area contributed by atoms with Crippen LogP contribution in [0.25, 0.3) is 11.3 Å². The number of aromatic nitrogens is 2. The average molecular weight is 319 g/mol. The van der Waals surface area contributed by atoms with Gasteiger partial charge in [0, 0.05) is 18.0 Å². The molecule has 0 spiro atoms. The predicted molar refractivity (Wildman–Crippen MR) is 92.4 cm³/mol. The number of nitrogens with one attached hydrogen (secondary N) is 1. The van der Waals surface area contributed by atoms with Crippen molar-refractivity contribution in [3.63, 3.8) is 0 Å². The van der Waals surface area contributed by atoms with Crippen LogP contribution in [0.4, 0.5) is 10.6 Å². The number of rotatable bonds is 4. The van der Waals surface area contributed by atoms with Gasteiger partial charge in [-0.05, 0) is 12.5 Å². The van der Waals surface area contributed by atoms with E-state index >= 15 is 0 Å². The smallest absolute Gasteiger partial charge is 0.413 e. The van der Waals surface area contributed by atoms with Gasteiger partial charge in [-0.25, -0.2) is 9.78 Å². The number of hydrogen-bond donors (Lipinski definition) is 1. The molecule has 1 aromatic heterocycles. The maximum absolute atomic E-state index is 12.2. The summed E-state index contributed by atoms with van der Waals surface area (Å²) >= 11 is 0. The van der Waals surface area contributed by atoms with Crippen LogP contribution < -0.4 is 5.32 Å². The molecule has 1 N–H and O–H groups in total. The Kier molecular flexibility index (Phi) is 4.81. The van der Waals surface area contributed by atoms with Gasteiger partial charge >= 0.3 is 6.09 Å². The first kappa shape index (κ1) is 15.7. The van der Waals surface area contributed by atoms with Crippen LogP contribution >= 0.6 is 0 Å². The highest BCUT2D eigenvalue weighted by Gasteiger charge is 2.15. The van der Waals surface area contributed by atoms with Crippen molar-refractivity contribution in [3.8, 4) is 11.3 Å². The van der Waals surface area contributed by atoms with Gasteiger partial charge in [-0.2, -0.15) is 0 Å². The third-order valence-corrected chi connectivity index (χ3v) is 3.52. The molecule has 0 fully saturated rings. The molecule has 5 nitrogen and oxygen atoms in total. The van der Waals surface area contributed by atoms with E-state index in [0.29, 0.717) is 11.5 Å². The van der Waals surface area contributed by atoms with Crippen LogP contribution in [0.15, 0.2) is 73.1 Å². The molecule has 0 radical (unpaired) electrons. The van der Waals surface area contributed by atoms with Crippen molar-refractivity contribution in [2.75, 3.05) is 5.32 Å². The maximum atomic E-state index is 12.2. The van der Waals surface area contributed by atoms with E-state index in [1.807, 2.05) is 67.6 Å². The SMILES string of the molecule is CC(OC(=O)Nc1nccnc1-c1ccccc1)c1ccccc1. The number of nitrogens with zero attached hydrogens (tertiary/aromatic N) is 2. The zero-order valence-corrected chi connectivity index (χ0v) is 13.2. The average Bonchev–Trinajstić information content (AvgIpc) is 2.63. The molecular formula is C19H17N3O2. The van der Waals surface area contributed by atoms with Gasteiger partial charge in [0.1, 0.15) is 11.8 Å². The van der Waals surface area contributed by atoms with Gasteiger partial charge in [0.2, 0.25) is 0 Å². The summed E-state index contributed by atoms with van der Waals surface area (Å²) in [7, 11) is 0. The molecule has 0 aliphatic heterocycles. The lowest BCUT2D eigenvalue weighted by atomic mass is 10.1. The highest BCUT2D eigenvalue weighted by Crippen LogP contribution is 2.24. The number of amides is 1. The highest BCUT2D eigenvalue weighted by atomic mass is 16.6. The lowest BCUT2D eigenvalue weighted by molar-refractivity contribution is 0.121. The largest absolute Gasteiger partial charge is 0.441 e. The molecule has 0 saturated heterocycles. The van der Waals surface area contributed by atoms with E-state index in [9.17, 15) is 4.79 Å². The Morgan fingerprint density at radius 1 is 0.958 bits per heavy atom. The van der Waals surface area contributed by atoms with Gasteiger partial charge in [-0.3, -0.25) is 10.3 Å². The molecule has 120 valence electrons. The summed E-state index contributed by atoms with van der Waals surface area (Å²) < 4.78 is 5.41. The Morgan fingerprint density at radius 2 is 1.58 bits per heavy atom. The van der Waals surface area contributed by atoms with E-state index < -0.39 is 6.09 Å². The van der Waals surface area contributed by atoms with Gasteiger partial charge in [-0.1, -0.05) is 60.7 Å². The number of hydrogen-bond acceptors (Lipinski definition) is 4. The fourth-order valence-corrected chi connectivity index (χ4v) is 2.32. The van der Waals surface area contributed by atoms with E-state index in [-0.39, 0.29) is 6.10 Å². The first-order valence-electron chi connectivity index (χ1n) is 7.63. The van der Waals surface area contributed by atoms with Gasteiger partial charge in [0.15, 0.2) is 5.82 Å². The maximum Gasteiger partial charge on any atom is 0.413 e. The number of benzene rings is 2.